The molecule has 4 nitrogen and oxygen atoms in total. The second-order valence-corrected chi connectivity index (χ2v) is 3.96. The van der Waals surface area contributed by atoms with E-state index in [1.807, 2.05) is 25.1 Å². The maximum Gasteiger partial charge on any atom is 0.338 e. The second kappa shape index (κ2) is 5.09. The minimum atomic E-state index is -0.302. The maximum atomic E-state index is 11.6. The summed E-state index contributed by atoms with van der Waals surface area (Å²) in [5, 5.41) is 0. The van der Waals surface area contributed by atoms with Gasteiger partial charge in [0, 0.05) is 6.04 Å². The Morgan fingerprint density at radius 1 is 1.50 bits per heavy atom. The average molecular weight is 221 g/mol. The van der Waals surface area contributed by atoms with Crippen molar-refractivity contribution < 1.29 is 14.4 Å². The first-order valence-corrected chi connectivity index (χ1v) is 5.39. The number of hydrogen-bond acceptors (Lipinski definition) is 4. The molecule has 16 heavy (non-hydrogen) atoms. The van der Waals surface area contributed by atoms with Gasteiger partial charge >= 0.3 is 5.97 Å². The Hall–Kier alpha value is -1.39. The summed E-state index contributed by atoms with van der Waals surface area (Å²) in [5.41, 5.74) is 3.41. The molecule has 1 N–H and O–H groups in total. The lowest BCUT2D eigenvalue weighted by atomic mass is 10.2. The van der Waals surface area contributed by atoms with Gasteiger partial charge in [0.2, 0.25) is 0 Å². The summed E-state index contributed by atoms with van der Waals surface area (Å²) in [6, 6.07) is 9.28. The van der Waals surface area contributed by atoms with Crippen LogP contribution in [0.4, 0.5) is 0 Å². The van der Waals surface area contributed by atoms with Gasteiger partial charge in [-0.3, -0.25) is 4.84 Å². The molecule has 0 amide bonds. The van der Waals surface area contributed by atoms with E-state index < -0.39 is 0 Å². The van der Waals surface area contributed by atoms with Crippen LogP contribution < -0.4 is 5.48 Å². The maximum absolute atomic E-state index is 11.6. The third-order valence-corrected chi connectivity index (χ3v) is 2.46. The number of carbonyl (C=O) groups excluding carboxylic acids is 1. The van der Waals surface area contributed by atoms with Crippen LogP contribution >= 0.6 is 0 Å². The van der Waals surface area contributed by atoms with Gasteiger partial charge in [-0.15, -0.1) is 0 Å². The zero-order chi connectivity index (χ0) is 11.4. The molecule has 1 aromatic carbocycles. The Labute approximate surface area is 94.5 Å². The molecule has 0 bridgehead atoms. The van der Waals surface area contributed by atoms with Crippen molar-refractivity contribution in [2.45, 2.75) is 25.5 Å². The van der Waals surface area contributed by atoms with E-state index in [1.165, 1.54) is 0 Å². The molecule has 2 rings (SSSR count). The third kappa shape index (κ3) is 2.81. The van der Waals surface area contributed by atoms with E-state index >= 15 is 0 Å². The lowest BCUT2D eigenvalue weighted by Gasteiger charge is -2.08. The molecule has 0 aromatic heterocycles. The fourth-order valence-electron chi connectivity index (χ4n) is 1.63. The molecule has 0 unspecified atom stereocenters. The summed E-state index contributed by atoms with van der Waals surface area (Å²) >= 11 is 0. The van der Waals surface area contributed by atoms with Crippen LogP contribution in [-0.4, -0.2) is 24.7 Å². The van der Waals surface area contributed by atoms with Gasteiger partial charge in [0.25, 0.3) is 0 Å². The smallest absolute Gasteiger partial charge is 0.338 e. The van der Waals surface area contributed by atoms with Crippen molar-refractivity contribution in [2.24, 2.45) is 0 Å². The van der Waals surface area contributed by atoms with Crippen LogP contribution in [0.3, 0.4) is 0 Å². The Morgan fingerprint density at radius 3 is 2.88 bits per heavy atom. The molecule has 0 spiro atoms. The summed E-state index contributed by atoms with van der Waals surface area (Å²) in [6.45, 7) is 2.32. The van der Waals surface area contributed by atoms with Gasteiger partial charge in [-0.2, -0.15) is 5.48 Å². The van der Waals surface area contributed by atoms with Crippen LogP contribution in [0.2, 0.25) is 0 Å². The predicted octanol–water partition coefficient (Wildman–Crippen LogP) is 1.53. The Balaban J connectivity index is 1.80. The molecule has 2 atom stereocenters. The SMILES string of the molecule is C[C@@H]1C[C@@H](COC(=O)c2ccccc2)ON1. The highest BCUT2D eigenvalue weighted by molar-refractivity contribution is 5.89. The fraction of sp³-hybridized carbons (Fsp3) is 0.417. The number of hydroxylamine groups is 1. The fourth-order valence-corrected chi connectivity index (χ4v) is 1.63. The molecular weight excluding hydrogens is 206 g/mol. The molecule has 4 heteroatoms. The Kier molecular flexibility index (Phi) is 3.54. The first-order chi connectivity index (χ1) is 7.75. The number of benzene rings is 1. The van der Waals surface area contributed by atoms with E-state index in [9.17, 15) is 4.79 Å². The lowest BCUT2D eigenvalue weighted by molar-refractivity contribution is -0.0172. The lowest BCUT2D eigenvalue weighted by Crippen LogP contribution is -2.19. The zero-order valence-electron chi connectivity index (χ0n) is 9.18. The van der Waals surface area contributed by atoms with Crippen molar-refractivity contribution in [3.8, 4) is 0 Å². The summed E-state index contributed by atoms with van der Waals surface area (Å²) in [7, 11) is 0. The zero-order valence-corrected chi connectivity index (χ0v) is 9.18. The van der Waals surface area contributed by atoms with E-state index in [-0.39, 0.29) is 12.1 Å². The quantitative estimate of drug-likeness (QED) is 0.786. The second-order valence-electron chi connectivity index (χ2n) is 3.96. The van der Waals surface area contributed by atoms with Crippen LogP contribution in [0.15, 0.2) is 30.3 Å². The van der Waals surface area contributed by atoms with Crippen molar-refractivity contribution in [3.63, 3.8) is 0 Å². The highest BCUT2D eigenvalue weighted by atomic mass is 16.7. The largest absolute Gasteiger partial charge is 0.459 e. The van der Waals surface area contributed by atoms with Crippen molar-refractivity contribution >= 4 is 5.97 Å². The van der Waals surface area contributed by atoms with Gasteiger partial charge in [-0.05, 0) is 25.5 Å². The standard InChI is InChI=1S/C12H15NO3/c1-9-7-11(16-13-9)8-15-12(14)10-5-3-2-4-6-10/h2-6,9,11,13H,7-8H2,1H3/t9-,11+/m1/s1. The third-order valence-electron chi connectivity index (χ3n) is 2.46. The molecule has 1 aromatic rings. The monoisotopic (exact) mass is 221 g/mol. The minimum absolute atomic E-state index is 0.0392. The van der Waals surface area contributed by atoms with Crippen LogP contribution in [-0.2, 0) is 9.57 Å². The molecule has 1 heterocycles. The van der Waals surface area contributed by atoms with Crippen molar-refractivity contribution in [2.75, 3.05) is 6.61 Å². The van der Waals surface area contributed by atoms with E-state index in [1.54, 1.807) is 12.1 Å². The van der Waals surface area contributed by atoms with Crippen molar-refractivity contribution in [1.82, 2.24) is 5.48 Å². The van der Waals surface area contributed by atoms with E-state index in [0.717, 1.165) is 6.42 Å². The molecule has 1 fully saturated rings. The van der Waals surface area contributed by atoms with Crippen LogP contribution in [0, 0.1) is 0 Å². The molecule has 0 saturated carbocycles. The van der Waals surface area contributed by atoms with E-state index in [2.05, 4.69) is 5.48 Å². The van der Waals surface area contributed by atoms with Crippen LogP contribution in [0.1, 0.15) is 23.7 Å². The molecular formula is C12H15NO3. The average Bonchev–Trinajstić information content (AvgIpc) is 2.73. The highest BCUT2D eigenvalue weighted by Crippen LogP contribution is 2.11. The number of carbonyl (C=O) groups is 1. The number of ether oxygens (including phenoxy) is 1. The summed E-state index contributed by atoms with van der Waals surface area (Å²) < 4.78 is 5.16. The normalized spacial score (nSPS) is 24.3. The minimum Gasteiger partial charge on any atom is -0.459 e. The number of hydrogen-bond donors (Lipinski definition) is 1. The number of rotatable bonds is 3. The van der Waals surface area contributed by atoms with Crippen molar-refractivity contribution in [3.05, 3.63) is 35.9 Å². The molecule has 86 valence electrons. The highest BCUT2D eigenvalue weighted by Gasteiger charge is 2.23. The summed E-state index contributed by atoms with van der Waals surface area (Å²) in [5.74, 6) is -0.302. The predicted molar refractivity (Wildman–Crippen MR) is 58.8 cm³/mol. The first-order valence-electron chi connectivity index (χ1n) is 5.39. The van der Waals surface area contributed by atoms with Gasteiger partial charge in [0.1, 0.15) is 12.7 Å². The number of nitrogens with one attached hydrogen (secondary N) is 1. The Morgan fingerprint density at radius 2 is 2.25 bits per heavy atom. The van der Waals surface area contributed by atoms with Crippen molar-refractivity contribution in [1.29, 1.82) is 0 Å². The molecule has 1 aliphatic rings. The van der Waals surface area contributed by atoms with Crippen LogP contribution in [0.5, 0.6) is 0 Å². The summed E-state index contributed by atoms with van der Waals surface area (Å²) in [4.78, 5) is 16.8. The summed E-state index contributed by atoms with van der Waals surface area (Å²) in [6.07, 6.45) is 0.824. The van der Waals surface area contributed by atoms with Gasteiger partial charge in [0.05, 0.1) is 5.56 Å². The number of esters is 1. The molecule has 1 aliphatic heterocycles. The molecule has 1 saturated heterocycles. The van der Waals surface area contributed by atoms with E-state index in [4.69, 9.17) is 9.57 Å². The topological polar surface area (TPSA) is 47.6 Å². The Bertz CT molecular complexity index is 353. The van der Waals surface area contributed by atoms with Gasteiger partial charge in [0.15, 0.2) is 0 Å². The first kappa shape index (κ1) is 11.1. The van der Waals surface area contributed by atoms with Gasteiger partial charge < -0.3 is 4.74 Å². The van der Waals surface area contributed by atoms with Crippen LogP contribution in [0.25, 0.3) is 0 Å². The van der Waals surface area contributed by atoms with Gasteiger partial charge in [-0.1, -0.05) is 18.2 Å². The molecule has 0 aliphatic carbocycles. The molecule has 0 radical (unpaired) electrons. The van der Waals surface area contributed by atoms with Gasteiger partial charge in [-0.25, -0.2) is 4.79 Å². The van der Waals surface area contributed by atoms with E-state index in [0.29, 0.717) is 18.2 Å².